The Balaban J connectivity index is 1.93. The third kappa shape index (κ3) is 4.28. The lowest BCUT2D eigenvalue weighted by Gasteiger charge is -2.18. The molecule has 1 aliphatic heterocycles. The van der Waals surface area contributed by atoms with Crippen molar-refractivity contribution in [2.45, 2.75) is 24.2 Å². The highest BCUT2D eigenvalue weighted by Crippen LogP contribution is 2.48. The number of methoxy groups -OCH3 is 1. The van der Waals surface area contributed by atoms with E-state index in [0.717, 1.165) is 4.90 Å². The van der Waals surface area contributed by atoms with Gasteiger partial charge in [0.15, 0.2) is 5.88 Å². The monoisotopic (exact) mass is 490 g/mol. The minimum atomic E-state index is -4.69. The van der Waals surface area contributed by atoms with Crippen LogP contribution in [-0.4, -0.2) is 42.3 Å². The second-order valence-electron chi connectivity index (χ2n) is 7.00. The highest BCUT2D eigenvalue weighted by atomic mass is 32.2. The Morgan fingerprint density at radius 2 is 2.18 bits per heavy atom. The summed E-state index contributed by atoms with van der Waals surface area (Å²) in [6.07, 6.45) is 1.61. The van der Waals surface area contributed by atoms with Gasteiger partial charge in [0.25, 0.3) is 5.82 Å². The standard InChI is InChI=1S/C20H18N4O7S2/c1-4-22-17(24(11-33(27,28)29)14-8-16(21-2)31-20(14)22)9-18-23(10-19(25)26)13-7-12(30-3)5-6-15(13)32-18/h5-9H,4,10-11H2,1,3H3,(H-,25,26,27,28,29). The van der Waals surface area contributed by atoms with Crippen molar-refractivity contribution in [2.24, 2.45) is 0 Å². The number of hydrogen-bond donors (Lipinski definition) is 1. The van der Waals surface area contributed by atoms with Gasteiger partial charge in [-0.1, -0.05) is 11.8 Å². The Morgan fingerprint density at radius 1 is 1.42 bits per heavy atom. The van der Waals surface area contributed by atoms with E-state index in [9.17, 15) is 22.9 Å². The minimum Gasteiger partial charge on any atom is -0.745 e. The molecule has 3 heterocycles. The molecule has 0 radical (unpaired) electrons. The molecule has 2 aromatic heterocycles. The van der Waals surface area contributed by atoms with Gasteiger partial charge in [-0.25, -0.2) is 13.0 Å². The molecular formula is C20H18N4O7S2. The van der Waals surface area contributed by atoms with Crippen LogP contribution in [0, 0.1) is 6.57 Å². The summed E-state index contributed by atoms with van der Waals surface area (Å²) in [5.41, 5.74) is 1.15. The molecule has 3 aromatic rings. The van der Waals surface area contributed by atoms with E-state index in [4.69, 9.17) is 15.7 Å². The molecule has 0 aliphatic carbocycles. The number of benzene rings is 1. The van der Waals surface area contributed by atoms with Crippen molar-refractivity contribution in [3.05, 3.63) is 46.5 Å². The summed E-state index contributed by atoms with van der Waals surface area (Å²) in [5, 5.41) is 9.99. The zero-order chi connectivity index (χ0) is 23.9. The molecule has 0 atom stereocenters. The fourth-order valence-corrected chi connectivity index (χ4v) is 5.31. The Bertz CT molecular complexity index is 1450. The van der Waals surface area contributed by atoms with Gasteiger partial charge in [-0.15, -0.1) is 0 Å². The van der Waals surface area contributed by atoms with E-state index >= 15 is 0 Å². The van der Waals surface area contributed by atoms with Crippen molar-refractivity contribution >= 4 is 56.7 Å². The van der Waals surface area contributed by atoms with Crippen LogP contribution in [0.15, 0.2) is 38.6 Å². The van der Waals surface area contributed by atoms with Crippen LogP contribution >= 0.6 is 11.8 Å². The predicted molar refractivity (Wildman–Crippen MR) is 118 cm³/mol. The number of carboxylic acid groups (broad SMARTS) is 1. The second-order valence-corrected chi connectivity index (χ2v) is 9.44. The molecule has 33 heavy (non-hydrogen) atoms. The van der Waals surface area contributed by atoms with Gasteiger partial charge in [-0.05, 0) is 19.1 Å². The molecule has 0 spiro atoms. The Kier molecular flexibility index (Phi) is 5.83. The first-order chi connectivity index (χ1) is 15.6. The molecule has 172 valence electrons. The third-order valence-corrected chi connectivity index (χ3v) is 6.65. The van der Waals surface area contributed by atoms with Crippen molar-refractivity contribution in [3.63, 3.8) is 0 Å². The van der Waals surface area contributed by atoms with E-state index in [0.29, 0.717) is 28.8 Å². The number of carboxylic acids is 1. The number of fused-ring (bicyclic) bond motifs is 2. The summed E-state index contributed by atoms with van der Waals surface area (Å²) in [6, 6.07) is 6.65. The highest BCUT2D eigenvalue weighted by Gasteiger charge is 2.33. The maximum atomic E-state index is 11.7. The van der Waals surface area contributed by atoms with Crippen molar-refractivity contribution in [2.75, 3.05) is 18.6 Å². The summed E-state index contributed by atoms with van der Waals surface area (Å²) in [7, 11) is -3.18. The lowest BCUT2D eigenvalue weighted by atomic mass is 10.2. The van der Waals surface area contributed by atoms with Crippen LogP contribution in [0.3, 0.4) is 0 Å². The number of ether oxygens (including phenoxy) is 1. The molecule has 0 fully saturated rings. The Morgan fingerprint density at radius 3 is 2.79 bits per heavy atom. The molecular weight excluding hydrogens is 472 g/mol. The van der Waals surface area contributed by atoms with Gasteiger partial charge in [0, 0.05) is 17.0 Å². The number of aryl methyl sites for hydroxylation is 1. The first-order valence-electron chi connectivity index (χ1n) is 9.59. The van der Waals surface area contributed by atoms with Crippen LogP contribution in [0.4, 0.5) is 11.6 Å². The number of hydrogen-bond acceptors (Lipinski definition) is 8. The van der Waals surface area contributed by atoms with Gasteiger partial charge in [0.2, 0.25) is 5.52 Å². The molecule has 0 saturated carbocycles. The second kappa shape index (κ2) is 8.47. The number of thioether (sulfide) groups is 1. The molecule has 1 N–H and O–H groups in total. The summed E-state index contributed by atoms with van der Waals surface area (Å²) in [6.45, 7) is 8.97. The SMILES string of the molecule is [C-]#[N+]c1cc2c(o1)[n+](CC)c(C=C1Sc3ccc(OC)cc3N1CC(=O)O)n2CS(=O)(=O)[O-]. The minimum absolute atomic E-state index is 0.0410. The van der Waals surface area contributed by atoms with Crippen LogP contribution in [0.25, 0.3) is 22.2 Å². The van der Waals surface area contributed by atoms with Gasteiger partial charge in [0.1, 0.15) is 22.4 Å². The maximum absolute atomic E-state index is 11.7. The number of rotatable bonds is 7. The van der Waals surface area contributed by atoms with Gasteiger partial charge in [-0.3, -0.25) is 4.79 Å². The van der Waals surface area contributed by atoms with Crippen molar-refractivity contribution < 1.29 is 36.6 Å². The number of nitrogens with zero attached hydrogens (tertiary/aromatic N) is 4. The van der Waals surface area contributed by atoms with Gasteiger partial charge >= 0.3 is 17.6 Å². The zero-order valence-electron chi connectivity index (χ0n) is 17.5. The van der Waals surface area contributed by atoms with E-state index in [2.05, 4.69) is 4.85 Å². The van der Waals surface area contributed by atoms with E-state index < -0.39 is 22.0 Å². The van der Waals surface area contributed by atoms with E-state index in [1.54, 1.807) is 40.7 Å². The maximum Gasteiger partial charge on any atom is 0.352 e. The number of furan rings is 1. The summed E-state index contributed by atoms with van der Waals surface area (Å²) in [5.74, 6) is -1.11. The third-order valence-electron chi connectivity index (χ3n) is 4.97. The lowest BCUT2D eigenvalue weighted by Crippen LogP contribution is -2.36. The predicted octanol–water partition coefficient (Wildman–Crippen LogP) is 2.60. The van der Waals surface area contributed by atoms with Crippen LogP contribution in [-0.2, 0) is 27.3 Å². The van der Waals surface area contributed by atoms with Crippen LogP contribution in [0.1, 0.15) is 12.7 Å². The van der Waals surface area contributed by atoms with Crippen molar-refractivity contribution in [1.29, 1.82) is 0 Å². The normalized spacial score (nSPS) is 14.6. The summed E-state index contributed by atoms with van der Waals surface area (Å²) >= 11 is 1.30. The van der Waals surface area contributed by atoms with Crippen molar-refractivity contribution in [1.82, 2.24) is 4.57 Å². The van der Waals surface area contributed by atoms with Crippen LogP contribution < -0.4 is 14.2 Å². The van der Waals surface area contributed by atoms with Crippen LogP contribution in [0.5, 0.6) is 5.75 Å². The number of aliphatic carboxylic acids is 1. The molecule has 0 saturated heterocycles. The number of anilines is 1. The largest absolute Gasteiger partial charge is 0.745 e. The molecule has 13 heteroatoms. The van der Waals surface area contributed by atoms with Crippen LogP contribution in [0.2, 0.25) is 0 Å². The Hall–Kier alpha value is -3.47. The molecule has 0 amide bonds. The molecule has 1 aromatic carbocycles. The number of aromatic nitrogens is 2. The molecule has 11 nitrogen and oxygen atoms in total. The molecule has 1 aliphatic rings. The van der Waals surface area contributed by atoms with Gasteiger partial charge < -0.3 is 23.7 Å². The van der Waals surface area contributed by atoms with Gasteiger partial charge in [0.05, 0.1) is 37.0 Å². The fraction of sp³-hybridized carbons (Fsp3) is 0.250. The van der Waals surface area contributed by atoms with Crippen molar-refractivity contribution in [3.8, 4) is 5.75 Å². The first kappa shape index (κ1) is 22.7. The smallest absolute Gasteiger partial charge is 0.352 e. The topological polar surface area (TPSA) is 133 Å². The summed E-state index contributed by atoms with van der Waals surface area (Å²) in [4.78, 5) is 17.2. The average molecular weight is 491 g/mol. The highest BCUT2D eigenvalue weighted by molar-refractivity contribution is 8.03. The quantitative estimate of drug-likeness (QED) is 0.301. The Labute approximate surface area is 193 Å². The average Bonchev–Trinajstić information content (AvgIpc) is 3.39. The number of carbonyl (C=O) groups is 1. The fourth-order valence-electron chi connectivity index (χ4n) is 3.65. The molecule has 0 bridgehead atoms. The summed E-state index contributed by atoms with van der Waals surface area (Å²) < 4.78 is 48.7. The molecule has 0 unspecified atom stereocenters. The van der Waals surface area contributed by atoms with E-state index in [-0.39, 0.29) is 23.7 Å². The van der Waals surface area contributed by atoms with E-state index in [1.807, 2.05) is 0 Å². The van der Waals surface area contributed by atoms with Gasteiger partial charge in [-0.2, -0.15) is 9.41 Å². The zero-order valence-corrected chi connectivity index (χ0v) is 19.1. The number of imidazole rings is 1. The molecule has 4 rings (SSSR count). The van der Waals surface area contributed by atoms with E-state index in [1.165, 1.54) is 29.5 Å². The lowest BCUT2D eigenvalue weighted by molar-refractivity contribution is -0.676. The first-order valence-corrected chi connectivity index (χ1v) is 12.0.